The fraction of sp³-hybridized carbons (Fsp3) is 0.429. The van der Waals surface area contributed by atoms with E-state index in [1.807, 2.05) is 0 Å². The standard InChI is InChI=1S/C14H17BrN2/c1-17-8-12(14(16)9-3-2-4-9)11-7-10(15)5-6-13(11)17/h5-9,14H,2-4,16H2,1H3. The van der Waals surface area contributed by atoms with Crippen LogP contribution in [0.1, 0.15) is 30.9 Å². The quantitative estimate of drug-likeness (QED) is 0.898. The van der Waals surface area contributed by atoms with Crippen LogP contribution in [-0.2, 0) is 7.05 Å². The molecule has 90 valence electrons. The third kappa shape index (κ3) is 1.81. The van der Waals surface area contributed by atoms with Gasteiger partial charge in [0.25, 0.3) is 0 Å². The van der Waals surface area contributed by atoms with Gasteiger partial charge in [-0.05, 0) is 42.5 Å². The summed E-state index contributed by atoms with van der Waals surface area (Å²) in [6, 6.07) is 6.61. The van der Waals surface area contributed by atoms with Gasteiger partial charge in [0.05, 0.1) is 0 Å². The number of halogens is 1. The van der Waals surface area contributed by atoms with Crippen LogP contribution in [0.15, 0.2) is 28.9 Å². The van der Waals surface area contributed by atoms with Crippen LogP contribution in [0.5, 0.6) is 0 Å². The van der Waals surface area contributed by atoms with E-state index in [0.29, 0.717) is 5.92 Å². The lowest BCUT2D eigenvalue weighted by molar-refractivity contribution is 0.265. The lowest BCUT2D eigenvalue weighted by Gasteiger charge is -2.31. The Hall–Kier alpha value is -0.800. The van der Waals surface area contributed by atoms with Crippen molar-refractivity contribution in [2.75, 3.05) is 0 Å². The minimum atomic E-state index is 0.196. The molecule has 2 nitrogen and oxygen atoms in total. The summed E-state index contributed by atoms with van der Waals surface area (Å²) in [6.07, 6.45) is 6.10. The Kier molecular flexibility index (Phi) is 2.75. The molecule has 1 aromatic heterocycles. The number of fused-ring (bicyclic) bond motifs is 1. The van der Waals surface area contributed by atoms with Crippen LogP contribution >= 0.6 is 15.9 Å². The van der Waals surface area contributed by atoms with Crippen molar-refractivity contribution in [2.45, 2.75) is 25.3 Å². The third-order valence-corrected chi connectivity index (χ3v) is 4.49. The number of hydrogen-bond donors (Lipinski definition) is 1. The van der Waals surface area contributed by atoms with E-state index in [1.54, 1.807) is 0 Å². The SMILES string of the molecule is Cn1cc(C(N)C2CCC2)c2cc(Br)ccc21. The Balaban J connectivity index is 2.11. The molecule has 17 heavy (non-hydrogen) atoms. The molecular formula is C14H17BrN2. The van der Waals surface area contributed by atoms with E-state index in [4.69, 9.17) is 5.73 Å². The molecule has 0 bridgehead atoms. The zero-order valence-electron chi connectivity index (χ0n) is 9.99. The first-order valence-electron chi connectivity index (χ1n) is 6.17. The van der Waals surface area contributed by atoms with Crippen molar-refractivity contribution in [3.63, 3.8) is 0 Å². The number of rotatable bonds is 2. The van der Waals surface area contributed by atoms with E-state index in [2.05, 4.69) is 51.9 Å². The van der Waals surface area contributed by atoms with Gasteiger partial charge in [0.15, 0.2) is 0 Å². The maximum atomic E-state index is 6.40. The molecule has 1 heterocycles. The summed E-state index contributed by atoms with van der Waals surface area (Å²) in [5.74, 6) is 0.680. The van der Waals surface area contributed by atoms with Crippen molar-refractivity contribution in [2.24, 2.45) is 18.7 Å². The van der Waals surface area contributed by atoms with Crippen molar-refractivity contribution < 1.29 is 0 Å². The summed E-state index contributed by atoms with van der Waals surface area (Å²) in [7, 11) is 2.09. The van der Waals surface area contributed by atoms with Gasteiger partial charge in [-0.25, -0.2) is 0 Å². The third-order valence-electron chi connectivity index (χ3n) is 4.00. The van der Waals surface area contributed by atoms with Crippen molar-refractivity contribution in [1.82, 2.24) is 4.57 Å². The Labute approximate surface area is 110 Å². The predicted molar refractivity (Wildman–Crippen MR) is 74.9 cm³/mol. The number of hydrogen-bond acceptors (Lipinski definition) is 1. The van der Waals surface area contributed by atoms with Gasteiger partial charge in [0, 0.05) is 34.7 Å². The smallest absolute Gasteiger partial charge is 0.0481 e. The summed E-state index contributed by atoms with van der Waals surface area (Å²) in [6.45, 7) is 0. The van der Waals surface area contributed by atoms with Crippen molar-refractivity contribution >= 4 is 26.8 Å². The maximum absolute atomic E-state index is 6.40. The molecule has 0 amide bonds. The largest absolute Gasteiger partial charge is 0.350 e. The Morgan fingerprint density at radius 2 is 2.18 bits per heavy atom. The van der Waals surface area contributed by atoms with E-state index in [1.165, 1.54) is 35.7 Å². The van der Waals surface area contributed by atoms with E-state index >= 15 is 0 Å². The highest BCUT2D eigenvalue weighted by Gasteiger charge is 2.27. The monoisotopic (exact) mass is 292 g/mol. The molecule has 3 heteroatoms. The van der Waals surface area contributed by atoms with Crippen LogP contribution in [-0.4, -0.2) is 4.57 Å². The Bertz CT molecular complexity index is 555. The van der Waals surface area contributed by atoms with Crippen LogP contribution in [0, 0.1) is 5.92 Å². The molecule has 2 N–H and O–H groups in total. The molecule has 3 rings (SSSR count). The highest BCUT2D eigenvalue weighted by molar-refractivity contribution is 9.10. The normalized spacial score (nSPS) is 18.3. The molecule has 1 atom stereocenters. The first kappa shape index (κ1) is 11.3. The number of nitrogens with two attached hydrogens (primary N) is 1. The van der Waals surface area contributed by atoms with Gasteiger partial charge in [0.1, 0.15) is 0 Å². The van der Waals surface area contributed by atoms with Crippen molar-refractivity contribution in [3.8, 4) is 0 Å². The average molecular weight is 293 g/mol. The van der Waals surface area contributed by atoms with Crippen LogP contribution < -0.4 is 5.73 Å². The van der Waals surface area contributed by atoms with Gasteiger partial charge < -0.3 is 10.3 Å². The van der Waals surface area contributed by atoms with E-state index < -0.39 is 0 Å². The summed E-state index contributed by atoms with van der Waals surface area (Å²) in [5.41, 5.74) is 8.96. The fourth-order valence-electron chi connectivity index (χ4n) is 2.71. The summed E-state index contributed by atoms with van der Waals surface area (Å²) in [4.78, 5) is 0. The van der Waals surface area contributed by atoms with Crippen molar-refractivity contribution in [3.05, 3.63) is 34.4 Å². The second kappa shape index (κ2) is 4.14. The molecule has 1 fully saturated rings. The number of benzene rings is 1. The molecule has 1 aliphatic carbocycles. The molecule has 0 spiro atoms. The van der Waals surface area contributed by atoms with Gasteiger partial charge >= 0.3 is 0 Å². The van der Waals surface area contributed by atoms with Crippen molar-refractivity contribution in [1.29, 1.82) is 0 Å². The van der Waals surface area contributed by atoms with Crippen LogP contribution in [0.25, 0.3) is 10.9 Å². The topological polar surface area (TPSA) is 30.9 Å². The predicted octanol–water partition coefficient (Wildman–Crippen LogP) is 3.74. The van der Waals surface area contributed by atoms with Gasteiger partial charge in [-0.2, -0.15) is 0 Å². The Morgan fingerprint density at radius 1 is 1.41 bits per heavy atom. The molecule has 1 unspecified atom stereocenters. The van der Waals surface area contributed by atoms with Crippen LogP contribution in [0.2, 0.25) is 0 Å². The zero-order chi connectivity index (χ0) is 12.0. The van der Waals surface area contributed by atoms with Gasteiger partial charge in [-0.1, -0.05) is 22.4 Å². The zero-order valence-corrected chi connectivity index (χ0v) is 11.6. The molecule has 0 aliphatic heterocycles. The highest BCUT2D eigenvalue weighted by Crippen LogP contribution is 2.39. The number of aryl methyl sites for hydroxylation is 1. The fourth-order valence-corrected chi connectivity index (χ4v) is 3.07. The molecular weight excluding hydrogens is 276 g/mol. The molecule has 0 radical (unpaired) electrons. The van der Waals surface area contributed by atoms with Gasteiger partial charge in [0.2, 0.25) is 0 Å². The number of aromatic nitrogens is 1. The minimum absolute atomic E-state index is 0.196. The molecule has 1 aromatic carbocycles. The molecule has 2 aromatic rings. The highest BCUT2D eigenvalue weighted by atomic mass is 79.9. The second-order valence-corrected chi connectivity index (χ2v) is 5.99. The second-order valence-electron chi connectivity index (χ2n) is 5.07. The van der Waals surface area contributed by atoms with E-state index in [-0.39, 0.29) is 6.04 Å². The van der Waals surface area contributed by atoms with Gasteiger partial charge in [-0.3, -0.25) is 0 Å². The Morgan fingerprint density at radius 3 is 2.82 bits per heavy atom. The van der Waals surface area contributed by atoms with Crippen LogP contribution in [0.4, 0.5) is 0 Å². The minimum Gasteiger partial charge on any atom is -0.350 e. The lowest BCUT2D eigenvalue weighted by atomic mass is 9.77. The lowest BCUT2D eigenvalue weighted by Crippen LogP contribution is -2.26. The molecule has 1 saturated carbocycles. The first-order chi connectivity index (χ1) is 8.16. The van der Waals surface area contributed by atoms with E-state index in [9.17, 15) is 0 Å². The summed E-state index contributed by atoms with van der Waals surface area (Å²) in [5, 5.41) is 1.29. The molecule has 1 aliphatic rings. The maximum Gasteiger partial charge on any atom is 0.0481 e. The summed E-state index contributed by atoms with van der Waals surface area (Å²) < 4.78 is 3.30. The van der Waals surface area contributed by atoms with Gasteiger partial charge in [-0.15, -0.1) is 0 Å². The van der Waals surface area contributed by atoms with E-state index in [0.717, 1.165) is 4.47 Å². The summed E-state index contributed by atoms with van der Waals surface area (Å²) >= 11 is 3.54. The molecule has 0 saturated heterocycles. The first-order valence-corrected chi connectivity index (χ1v) is 6.96. The van der Waals surface area contributed by atoms with Crippen LogP contribution in [0.3, 0.4) is 0 Å². The number of nitrogens with zero attached hydrogens (tertiary/aromatic N) is 1. The average Bonchev–Trinajstić information content (AvgIpc) is 2.53.